The second-order valence-electron chi connectivity index (χ2n) is 7.81. The predicted molar refractivity (Wildman–Crippen MR) is 113 cm³/mol. The zero-order chi connectivity index (χ0) is 20.0. The Hall–Kier alpha value is -1.55. The maximum absolute atomic E-state index is 6.23. The van der Waals surface area contributed by atoms with E-state index >= 15 is 0 Å². The van der Waals surface area contributed by atoms with Crippen molar-refractivity contribution in [2.75, 3.05) is 6.61 Å². The van der Waals surface area contributed by atoms with E-state index in [9.17, 15) is 0 Å². The molecule has 0 aliphatic carbocycles. The van der Waals surface area contributed by atoms with E-state index in [2.05, 4.69) is 20.9 Å². The number of hydrogen-bond acceptors (Lipinski definition) is 6. The standard InChI is InChI=1S/C21H21BBrNO5/c1-21(2)27-19-18-17(26-20(19)28-21)12-25-22(29-18)14-5-3-4-13(10-14)11-24-16-8-6-15(23)7-9-16/h3-11,17-20H,12H2,1-2H3/t17-,18+,19-,20-/m1/s1. The van der Waals surface area contributed by atoms with Gasteiger partial charge in [-0.3, -0.25) is 4.99 Å². The molecular formula is C21H21BBrNO5. The summed E-state index contributed by atoms with van der Waals surface area (Å²) >= 11 is 3.43. The first-order chi connectivity index (χ1) is 14.0. The molecule has 0 radical (unpaired) electrons. The third kappa shape index (κ3) is 4.06. The summed E-state index contributed by atoms with van der Waals surface area (Å²) in [6, 6.07) is 15.8. The first-order valence-electron chi connectivity index (χ1n) is 9.65. The van der Waals surface area contributed by atoms with Crippen molar-refractivity contribution in [2.24, 2.45) is 4.99 Å². The second kappa shape index (κ2) is 7.61. The Balaban J connectivity index is 1.30. The van der Waals surface area contributed by atoms with Crippen LogP contribution in [0.5, 0.6) is 0 Å². The molecule has 3 heterocycles. The molecule has 2 aromatic carbocycles. The third-order valence-electron chi connectivity index (χ3n) is 5.15. The van der Waals surface area contributed by atoms with Crippen molar-refractivity contribution in [3.05, 3.63) is 58.6 Å². The first kappa shape index (κ1) is 19.4. The lowest BCUT2D eigenvalue weighted by atomic mass is 9.76. The molecule has 2 aromatic rings. The van der Waals surface area contributed by atoms with Crippen LogP contribution in [-0.2, 0) is 23.5 Å². The minimum Gasteiger partial charge on any atom is -0.404 e. The summed E-state index contributed by atoms with van der Waals surface area (Å²) in [4.78, 5) is 4.53. The first-order valence-corrected chi connectivity index (χ1v) is 10.4. The molecule has 8 heteroatoms. The summed E-state index contributed by atoms with van der Waals surface area (Å²) < 4.78 is 30.9. The summed E-state index contributed by atoms with van der Waals surface area (Å²) in [7, 11) is -0.480. The van der Waals surface area contributed by atoms with Gasteiger partial charge in [-0.15, -0.1) is 0 Å². The van der Waals surface area contributed by atoms with Crippen molar-refractivity contribution in [1.29, 1.82) is 0 Å². The van der Waals surface area contributed by atoms with E-state index < -0.39 is 19.2 Å². The Morgan fingerprint density at radius 1 is 1.10 bits per heavy atom. The van der Waals surface area contributed by atoms with Gasteiger partial charge < -0.3 is 23.5 Å². The number of nitrogens with zero attached hydrogens (tertiary/aromatic N) is 1. The van der Waals surface area contributed by atoms with Crippen molar-refractivity contribution in [3.8, 4) is 0 Å². The molecule has 150 valence electrons. The van der Waals surface area contributed by atoms with Gasteiger partial charge in [-0.2, -0.15) is 0 Å². The van der Waals surface area contributed by atoms with Crippen LogP contribution in [0.15, 0.2) is 58.0 Å². The molecule has 0 unspecified atom stereocenters. The van der Waals surface area contributed by atoms with Crippen LogP contribution < -0.4 is 5.46 Å². The normalized spacial score (nSPS) is 30.5. The second-order valence-corrected chi connectivity index (χ2v) is 8.73. The van der Waals surface area contributed by atoms with E-state index in [1.807, 2.05) is 68.6 Å². The summed E-state index contributed by atoms with van der Waals surface area (Å²) in [5.74, 6) is -0.666. The molecule has 0 aromatic heterocycles. The van der Waals surface area contributed by atoms with E-state index in [-0.39, 0.29) is 18.3 Å². The molecule has 4 atom stereocenters. The molecule has 29 heavy (non-hydrogen) atoms. The molecule has 0 amide bonds. The van der Waals surface area contributed by atoms with Gasteiger partial charge in [-0.1, -0.05) is 40.2 Å². The van der Waals surface area contributed by atoms with Crippen molar-refractivity contribution in [2.45, 2.75) is 44.2 Å². The van der Waals surface area contributed by atoms with Gasteiger partial charge in [-0.05, 0) is 49.1 Å². The van der Waals surface area contributed by atoms with E-state index in [0.717, 1.165) is 21.2 Å². The molecule has 3 aliphatic heterocycles. The highest BCUT2D eigenvalue weighted by Crippen LogP contribution is 2.40. The average Bonchev–Trinajstić information content (AvgIpc) is 3.19. The quantitative estimate of drug-likeness (QED) is 0.523. The molecule has 0 saturated carbocycles. The number of benzene rings is 2. The highest BCUT2D eigenvalue weighted by atomic mass is 79.9. The Morgan fingerprint density at radius 3 is 2.76 bits per heavy atom. The van der Waals surface area contributed by atoms with Crippen molar-refractivity contribution in [3.63, 3.8) is 0 Å². The number of aliphatic imine (C=N–C) groups is 1. The fourth-order valence-electron chi connectivity index (χ4n) is 3.85. The molecule has 3 aliphatic rings. The minimum atomic E-state index is -0.666. The van der Waals surface area contributed by atoms with Gasteiger partial charge >= 0.3 is 7.12 Å². The van der Waals surface area contributed by atoms with Crippen LogP contribution in [0.4, 0.5) is 5.69 Å². The largest absolute Gasteiger partial charge is 0.494 e. The van der Waals surface area contributed by atoms with Crippen molar-refractivity contribution in [1.82, 2.24) is 0 Å². The van der Waals surface area contributed by atoms with Gasteiger partial charge in [0.1, 0.15) is 18.3 Å². The van der Waals surface area contributed by atoms with Crippen LogP contribution in [0.2, 0.25) is 0 Å². The fourth-order valence-corrected chi connectivity index (χ4v) is 4.11. The lowest BCUT2D eigenvalue weighted by molar-refractivity contribution is -0.221. The van der Waals surface area contributed by atoms with Crippen LogP contribution in [-0.4, -0.2) is 50.3 Å². The number of hydrogen-bond donors (Lipinski definition) is 0. The zero-order valence-corrected chi connectivity index (χ0v) is 17.7. The van der Waals surface area contributed by atoms with Crippen LogP contribution >= 0.6 is 15.9 Å². The van der Waals surface area contributed by atoms with Gasteiger partial charge in [0.25, 0.3) is 0 Å². The summed E-state index contributed by atoms with van der Waals surface area (Å²) in [5.41, 5.74) is 2.80. The van der Waals surface area contributed by atoms with Crippen molar-refractivity contribution >= 4 is 40.4 Å². The molecule has 0 bridgehead atoms. The molecule has 3 fully saturated rings. The average molecular weight is 458 g/mol. The number of fused-ring (bicyclic) bond motifs is 3. The predicted octanol–water partition coefficient (Wildman–Crippen LogP) is 3.19. The zero-order valence-electron chi connectivity index (χ0n) is 16.2. The van der Waals surface area contributed by atoms with E-state index in [0.29, 0.717) is 6.61 Å². The highest BCUT2D eigenvalue weighted by molar-refractivity contribution is 9.10. The topological polar surface area (TPSA) is 58.5 Å². The van der Waals surface area contributed by atoms with E-state index in [1.54, 1.807) is 0 Å². The molecule has 0 N–H and O–H groups in total. The van der Waals surface area contributed by atoms with Crippen LogP contribution in [0.1, 0.15) is 19.4 Å². The van der Waals surface area contributed by atoms with Crippen LogP contribution in [0, 0.1) is 0 Å². The van der Waals surface area contributed by atoms with Gasteiger partial charge in [0.05, 0.1) is 12.3 Å². The minimum absolute atomic E-state index is 0.181. The molecule has 6 nitrogen and oxygen atoms in total. The number of halogens is 1. The lowest BCUT2D eigenvalue weighted by Crippen LogP contribution is -2.53. The third-order valence-corrected chi connectivity index (χ3v) is 5.68. The SMILES string of the molecule is CC1(C)O[C@H]2O[C@@H]3COB(c4cccc(C=Nc5ccc(Br)cc5)c4)O[C@@H]3[C@H]2O1. The van der Waals surface area contributed by atoms with Crippen LogP contribution in [0.3, 0.4) is 0 Å². The maximum Gasteiger partial charge on any atom is 0.494 e. The summed E-state index contributed by atoms with van der Waals surface area (Å²) in [5, 5.41) is 0. The summed E-state index contributed by atoms with van der Waals surface area (Å²) in [6.45, 7) is 4.20. The van der Waals surface area contributed by atoms with Crippen molar-refractivity contribution < 1.29 is 23.5 Å². The maximum atomic E-state index is 6.23. The van der Waals surface area contributed by atoms with Gasteiger partial charge in [-0.25, -0.2) is 0 Å². The Morgan fingerprint density at radius 2 is 1.93 bits per heavy atom. The van der Waals surface area contributed by atoms with Gasteiger partial charge in [0, 0.05) is 10.7 Å². The Bertz CT molecular complexity index is 922. The smallest absolute Gasteiger partial charge is 0.404 e. The molecule has 5 rings (SSSR count). The molecule has 3 saturated heterocycles. The Labute approximate surface area is 178 Å². The summed E-state index contributed by atoms with van der Waals surface area (Å²) in [6.07, 6.45) is 0.777. The van der Waals surface area contributed by atoms with Crippen LogP contribution in [0.25, 0.3) is 0 Å². The monoisotopic (exact) mass is 457 g/mol. The highest BCUT2D eigenvalue weighted by Gasteiger charge is 2.57. The van der Waals surface area contributed by atoms with E-state index in [4.69, 9.17) is 23.5 Å². The molecular weight excluding hydrogens is 437 g/mol. The fraction of sp³-hybridized carbons (Fsp3) is 0.381. The lowest BCUT2D eigenvalue weighted by Gasteiger charge is -2.32. The number of rotatable bonds is 3. The van der Waals surface area contributed by atoms with Gasteiger partial charge in [0.15, 0.2) is 12.1 Å². The Kier molecular flexibility index (Phi) is 5.10. The van der Waals surface area contributed by atoms with Gasteiger partial charge in [0.2, 0.25) is 0 Å². The van der Waals surface area contributed by atoms with E-state index in [1.165, 1.54) is 0 Å². The number of ether oxygens (including phenoxy) is 3. The molecule has 0 spiro atoms.